The van der Waals surface area contributed by atoms with Gasteiger partial charge in [0.05, 0.1) is 9.82 Å². The molecule has 1 rings (SSSR count). The van der Waals surface area contributed by atoms with Crippen LogP contribution in [0.4, 0.5) is 5.69 Å². The molecule has 8 heteroatoms. The number of ether oxygens (including phenoxy) is 1. The third-order valence-corrected chi connectivity index (χ3v) is 2.92. The first-order valence-corrected chi connectivity index (χ1v) is 6.28. The van der Waals surface area contributed by atoms with Crippen LogP contribution in [0.15, 0.2) is 23.1 Å². The maximum atomic E-state index is 11.2. The number of carbonyl (C=O) groups is 1. The zero-order chi connectivity index (χ0) is 13.2. The van der Waals surface area contributed by atoms with Gasteiger partial charge in [-0.15, -0.1) is 0 Å². The molecule has 0 fully saturated rings. The van der Waals surface area contributed by atoms with E-state index in [1.54, 1.807) is 0 Å². The molecule has 0 saturated heterocycles. The van der Waals surface area contributed by atoms with Crippen molar-refractivity contribution in [3.05, 3.63) is 28.3 Å². The number of hydrogen-bond donors (Lipinski definition) is 0. The third kappa shape index (κ3) is 3.25. The summed E-state index contributed by atoms with van der Waals surface area (Å²) < 4.78 is 27.0. The predicted octanol–water partition coefficient (Wildman–Crippen LogP) is 0.924. The lowest BCUT2D eigenvalue weighted by Crippen LogP contribution is -2.05. The van der Waals surface area contributed by atoms with Crippen LogP contribution in [0.25, 0.3) is 0 Å². The van der Waals surface area contributed by atoms with Crippen LogP contribution >= 0.6 is 0 Å². The molecule has 0 amide bonds. The molecule has 0 bridgehead atoms. The molecular formula is C9H9NO6S. The fourth-order valence-electron chi connectivity index (χ4n) is 1.11. The van der Waals surface area contributed by atoms with E-state index in [4.69, 9.17) is 0 Å². The average molecular weight is 259 g/mol. The van der Waals surface area contributed by atoms with E-state index in [9.17, 15) is 23.3 Å². The Labute approximate surface area is 97.1 Å². The monoisotopic (exact) mass is 259 g/mol. The second-order valence-corrected chi connectivity index (χ2v) is 5.27. The van der Waals surface area contributed by atoms with Crippen LogP contribution in [-0.4, -0.2) is 25.6 Å². The van der Waals surface area contributed by atoms with Crippen molar-refractivity contribution in [1.29, 1.82) is 0 Å². The molecule has 7 nitrogen and oxygen atoms in total. The number of nitrogens with zero attached hydrogens (tertiary/aromatic N) is 1. The highest BCUT2D eigenvalue weighted by atomic mass is 32.2. The van der Waals surface area contributed by atoms with Gasteiger partial charge in [0, 0.05) is 19.2 Å². The molecule has 17 heavy (non-hydrogen) atoms. The normalized spacial score (nSPS) is 10.9. The fourth-order valence-corrected chi connectivity index (χ4v) is 1.75. The minimum Gasteiger partial charge on any atom is -0.419 e. The van der Waals surface area contributed by atoms with Gasteiger partial charge in [0.2, 0.25) is 5.75 Å². The number of rotatable bonds is 3. The van der Waals surface area contributed by atoms with E-state index in [2.05, 4.69) is 4.74 Å². The number of esters is 1. The molecule has 0 spiro atoms. The largest absolute Gasteiger partial charge is 0.419 e. The Morgan fingerprint density at radius 3 is 2.41 bits per heavy atom. The van der Waals surface area contributed by atoms with Crippen LogP contribution in [0.2, 0.25) is 0 Å². The summed E-state index contributed by atoms with van der Waals surface area (Å²) in [6, 6.07) is 3.07. The number of hydrogen-bond acceptors (Lipinski definition) is 6. The smallest absolute Gasteiger partial charge is 0.312 e. The zero-order valence-corrected chi connectivity index (χ0v) is 9.85. The van der Waals surface area contributed by atoms with Crippen LogP contribution < -0.4 is 4.74 Å². The quantitative estimate of drug-likeness (QED) is 0.346. The van der Waals surface area contributed by atoms with Gasteiger partial charge in [-0.25, -0.2) is 8.42 Å². The summed E-state index contributed by atoms with van der Waals surface area (Å²) in [5.74, 6) is -1.00. The topological polar surface area (TPSA) is 104 Å². The molecule has 0 N–H and O–H groups in total. The number of nitro groups is 1. The molecule has 0 aliphatic rings. The van der Waals surface area contributed by atoms with Crippen LogP contribution in [0.1, 0.15) is 6.92 Å². The van der Waals surface area contributed by atoms with E-state index in [-0.39, 0.29) is 10.6 Å². The SMILES string of the molecule is CC(=O)Oc1ccc(S(C)(=O)=O)cc1[N+](=O)[O-]. The van der Waals surface area contributed by atoms with Gasteiger partial charge in [0.15, 0.2) is 9.84 Å². The summed E-state index contributed by atoms with van der Waals surface area (Å²) in [6.45, 7) is 1.09. The molecule has 0 atom stereocenters. The first-order valence-electron chi connectivity index (χ1n) is 4.38. The Morgan fingerprint density at radius 2 is 2.00 bits per heavy atom. The summed E-state index contributed by atoms with van der Waals surface area (Å²) in [6.07, 6.45) is 0.928. The van der Waals surface area contributed by atoms with E-state index in [1.807, 2.05) is 0 Å². The Morgan fingerprint density at radius 1 is 1.41 bits per heavy atom. The van der Waals surface area contributed by atoms with Crippen LogP contribution in [-0.2, 0) is 14.6 Å². The van der Waals surface area contributed by atoms with Gasteiger partial charge in [0.25, 0.3) is 0 Å². The summed E-state index contributed by atoms with van der Waals surface area (Å²) in [7, 11) is -3.55. The molecule has 0 saturated carbocycles. The van der Waals surface area contributed by atoms with E-state index in [0.717, 1.165) is 31.4 Å². The van der Waals surface area contributed by atoms with Crippen molar-refractivity contribution >= 4 is 21.5 Å². The van der Waals surface area contributed by atoms with E-state index < -0.39 is 26.4 Å². The highest BCUT2D eigenvalue weighted by Gasteiger charge is 2.20. The summed E-state index contributed by atoms with van der Waals surface area (Å²) in [4.78, 5) is 20.4. The lowest BCUT2D eigenvalue weighted by atomic mass is 10.3. The third-order valence-electron chi connectivity index (χ3n) is 1.81. The first kappa shape index (κ1) is 13.1. The number of carbonyl (C=O) groups excluding carboxylic acids is 1. The van der Waals surface area contributed by atoms with Crippen molar-refractivity contribution in [2.24, 2.45) is 0 Å². The Balaban J connectivity index is 3.37. The summed E-state index contributed by atoms with van der Waals surface area (Å²) in [5, 5.41) is 10.7. The van der Waals surface area contributed by atoms with Crippen LogP contribution in [0.5, 0.6) is 5.75 Å². The second-order valence-electron chi connectivity index (χ2n) is 3.25. The van der Waals surface area contributed by atoms with Crippen molar-refractivity contribution in [2.75, 3.05) is 6.26 Å². The van der Waals surface area contributed by atoms with Gasteiger partial charge < -0.3 is 4.74 Å². The van der Waals surface area contributed by atoms with Crippen LogP contribution in [0, 0.1) is 10.1 Å². The van der Waals surface area contributed by atoms with E-state index in [0.29, 0.717) is 0 Å². The highest BCUT2D eigenvalue weighted by Crippen LogP contribution is 2.29. The van der Waals surface area contributed by atoms with Gasteiger partial charge >= 0.3 is 11.7 Å². The van der Waals surface area contributed by atoms with Gasteiger partial charge in [-0.3, -0.25) is 14.9 Å². The number of benzene rings is 1. The standard InChI is InChI=1S/C9H9NO6S/c1-6(11)16-9-4-3-7(17(2,14)15)5-8(9)10(12)13/h3-5H,1-2H3. The van der Waals surface area contributed by atoms with Crippen molar-refractivity contribution in [2.45, 2.75) is 11.8 Å². The van der Waals surface area contributed by atoms with Gasteiger partial charge in [-0.1, -0.05) is 0 Å². The number of nitro benzene ring substituents is 1. The molecule has 0 aliphatic carbocycles. The molecule has 0 aromatic heterocycles. The minimum atomic E-state index is -3.55. The van der Waals surface area contributed by atoms with Crippen molar-refractivity contribution < 1.29 is 22.9 Å². The number of sulfone groups is 1. The van der Waals surface area contributed by atoms with Gasteiger partial charge in [0.1, 0.15) is 0 Å². The molecule has 0 aliphatic heterocycles. The lowest BCUT2D eigenvalue weighted by molar-refractivity contribution is -0.385. The average Bonchev–Trinajstić information content (AvgIpc) is 2.15. The zero-order valence-electron chi connectivity index (χ0n) is 9.04. The maximum absolute atomic E-state index is 11.2. The van der Waals surface area contributed by atoms with Crippen molar-refractivity contribution in [3.8, 4) is 5.75 Å². The minimum absolute atomic E-state index is 0.208. The van der Waals surface area contributed by atoms with Crippen LogP contribution in [0.3, 0.4) is 0 Å². The molecule has 1 aromatic rings. The Bertz CT molecular complexity index is 577. The Hall–Kier alpha value is -1.96. The first-order chi connectivity index (χ1) is 7.71. The van der Waals surface area contributed by atoms with E-state index in [1.165, 1.54) is 0 Å². The Kier molecular flexibility index (Phi) is 3.47. The molecule has 1 aromatic carbocycles. The molecule has 0 unspecified atom stereocenters. The summed E-state index contributed by atoms with van der Waals surface area (Å²) in [5.41, 5.74) is -0.567. The fraction of sp³-hybridized carbons (Fsp3) is 0.222. The molecule has 0 radical (unpaired) electrons. The maximum Gasteiger partial charge on any atom is 0.312 e. The van der Waals surface area contributed by atoms with Crippen molar-refractivity contribution in [3.63, 3.8) is 0 Å². The predicted molar refractivity (Wildman–Crippen MR) is 57.5 cm³/mol. The summed E-state index contributed by atoms with van der Waals surface area (Å²) >= 11 is 0. The second kappa shape index (κ2) is 4.50. The highest BCUT2D eigenvalue weighted by molar-refractivity contribution is 7.90. The van der Waals surface area contributed by atoms with Crippen molar-refractivity contribution in [1.82, 2.24) is 0 Å². The molecular weight excluding hydrogens is 250 g/mol. The van der Waals surface area contributed by atoms with Gasteiger partial charge in [-0.05, 0) is 12.1 Å². The lowest BCUT2D eigenvalue weighted by Gasteiger charge is -2.04. The van der Waals surface area contributed by atoms with Gasteiger partial charge in [-0.2, -0.15) is 0 Å². The van der Waals surface area contributed by atoms with E-state index >= 15 is 0 Å². The molecule has 92 valence electrons. The molecule has 0 heterocycles.